The lowest BCUT2D eigenvalue weighted by atomic mass is 10.0. The number of nitrogens with zero attached hydrogens (tertiary/aromatic N) is 1. The van der Waals surface area contributed by atoms with Crippen molar-refractivity contribution in [1.29, 1.82) is 0 Å². The Labute approximate surface area is 175 Å². The minimum Gasteiger partial charge on any atom is -0.392 e. The Morgan fingerprint density at radius 2 is 1.80 bits per heavy atom. The van der Waals surface area contributed by atoms with Crippen LogP contribution < -0.4 is 5.73 Å². The second-order valence-electron chi connectivity index (χ2n) is 7.73. The number of hydrogen-bond donors (Lipinski definition) is 3. The van der Waals surface area contributed by atoms with Gasteiger partial charge < -0.3 is 20.5 Å². The maximum absolute atomic E-state index is 13.5. The van der Waals surface area contributed by atoms with E-state index in [0.29, 0.717) is 0 Å². The highest BCUT2D eigenvalue weighted by molar-refractivity contribution is 6.01. The van der Waals surface area contributed by atoms with Gasteiger partial charge in [-0.3, -0.25) is 4.79 Å². The van der Waals surface area contributed by atoms with Crippen LogP contribution in [-0.4, -0.2) is 32.9 Å². The zero-order valence-electron chi connectivity index (χ0n) is 17.1. The smallest absolute Gasteiger partial charge is 0.220 e. The third kappa shape index (κ3) is 4.78. The molecule has 2 aromatic carbocycles. The molecule has 0 aliphatic carbocycles. The number of hydrogen-bond acceptors (Lipinski definition) is 3. The standard InChI is InChI=1S/C24H27FN2O3/c1-15(2)27-21-6-4-3-5-20(21)24(16-7-9-17(25)10-8-16)22(27)12-11-18(28)13-19(29)14-23(26)30/h3-12,15,18-19,28-29H,13-14H2,1-2H3,(H2,26,30)/b12-11+/t18-,19-/m1/s1. The summed E-state index contributed by atoms with van der Waals surface area (Å²) >= 11 is 0. The number of aromatic nitrogens is 1. The lowest BCUT2D eigenvalue weighted by Gasteiger charge is -2.15. The fraction of sp³-hybridized carbons (Fsp3) is 0.292. The predicted molar refractivity (Wildman–Crippen MR) is 117 cm³/mol. The number of aliphatic hydroxyl groups excluding tert-OH is 2. The Balaban J connectivity index is 2.08. The molecule has 5 nitrogen and oxygen atoms in total. The van der Waals surface area contributed by atoms with Gasteiger partial charge in [0.25, 0.3) is 0 Å². The molecular weight excluding hydrogens is 383 g/mol. The van der Waals surface area contributed by atoms with E-state index in [1.807, 2.05) is 30.3 Å². The highest BCUT2D eigenvalue weighted by Crippen LogP contribution is 2.38. The van der Waals surface area contributed by atoms with Gasteiger partial charge in [-0.05, 0) is 43.7 Å². The van der Waals surface area contributed by atoms with E-state index in [-0.39, 0.29) is 24.7 Å². The molecule has 158 valence electrons. The minimum atomic E-state index is -1.00. The van der Waals surface area contributed by atoms with Crippen LogP contribution in [0, 0.1) is 5.82 Å². The SMILES string of the molecule is CC(C)n1c(/C=C/[C@@H](O)C[C@@H](O)CC(N)=O)c(-c2ccc(F)cc2)c2ccccc21. The summed E-state index contributed by atoms with van der Waals surface area (Å²) in [5, 5.41) is 21.2. The van der Waals surface area contributed by atoms with Gasteiger partial charge >= 0.3 is 0 Å². The maximum atomic E-state index is 13.5. The van der Waals surface area contributed by atoms with E-state index >= 15 is 0 Å². The quantitative estimate of drug-likeness (QED) is 0.524. The summed E-state index contributed by atoms with van der Waals surface area (Å²) in [6.45, 7) is 4.15. The van der Waals surface area contributed by atoms with Crippen molar-refractivity contribution < 1.29 is 19.4 Å². The zero-order chi connectivity index (χ0) is 21.8. The number of fused-ring (bicyclic) bond motifs is 1. The van der Waals surface area contributed by atoms with Crippen molar-refractivity contribution in [3.8, 4) is 11.1 Å². The van der Waals surface area contributed by atoms with Crippen molar-refractivity contribution in [3.05, 3.63) is 66.1 Å². The molecule has 6 heteroatoms. The Morgan fingerprint density at radius 3 is 2.43 bits per heavy atom. The monoisotopic (exact) mass is 410 g/mol. The highest BCUT2D eigenvalue weighted by Gasteiger charge is 2.19. The number of rotatable bonds is 8. The van der Waals surface area contributed by atoms with E-state index in [2.05, 4.69) is 18.4 Å². The normalized spacial score (nSPS) is 13.9. The van der Waals surface area contributed by atoms with Gasteiger partial charge in [0, 0.05) is 34.6 Å². The van der Waals surface area contributed by atoms with E-state index < -0.39 is 18.1 Å². The van der Waals surface area contributed by atoms with Gasteiger partial charge in [0.1, 0.15) is 5.82 Å². The van der Waals surface area contributed by atoms with Crippen molar-refractivity contribution in [2.45, 2.75) is 44.9 Å². The Bertz CT molecular complexity index is 1050. The summed E-state index contributed by atoms with van der Waals surface area (Å²) < 4.78 is 15.7. The zero-order valence-corrected chi connectivity index (χ0v) is 17.1. The molecule has 3 rings (SSSR count). The Hall–Kier alpha value is -2.96. The summed E-state index contributed by atoms with van der Waals surface area (Å²) in [6, 6.07) is 14.5. The average molecular weight is 410 g/mol. The molecule has 0 bridgehead atoms. The number of amides is 1. The largest absolute Gasteiger partial charge is 0.392 e. The van der Waals surface area contributed by atoms with Gasteiger partial charge in [0.05, 0.1) is 18.6 Å². The summed E-state index contributed by atoms with van der Waals surface area (Å²) in [6.07, 6.45) is 1.28. The van der Waals surface area contributed by atoms with Gasteiger partial charge in [-0.15, -0.1) is 0 Å². The first-order valence-corrected chi connectivity index (χ1v) is 9.99. The van der Waals surface area contributed by atoms with Crippen LogP contribution in [0.4, 0.5) is 4.39 Å². The van der Waals surface area contributed by atoms with Gasteiger partial charge in [0.15, 0.2) is 0 Å². The molecule has 4 N–H and O–H groups in total. The van der Waals surface area contributed by atoms with Crippen molar-refractivity contribution in [2.75, 3.05) is 0 Å². The molecule has 0 fully saturated rings. The molecule has 0 radical (unpaired) electrons. The number of primary amides is 1. The molecule has 0 spiro atoms. The van der Waals surface area contributed by atoms with E-state index in [4.69, 9.17) is 5.73 Å². The van der Waals surface area contributed by atoms with Crippen molar-refractivity contribution in [3.63, 3.8) is 0 Å². The molecule has 30 heavy (non-hydrogen) atoms. The number of carbonyl (C=O) groups is 1. The number of para-hydroxylation sites is 1. The van der Waals surface area contributed by atoms with Gasteiger partial charge in [-0.1, -0.05) is 36.4 Å². The molecule has 0 aliphatic rings. The minimum absolute atomic E-state index is 0.00717. The fourth-order valence-corrected chi connectivity index (χ4v) is 3.80. The molecule has 0 saturated carbocycles. The number of nitrogens with two attached hydrogens (primary N) is 1. The number of benzene rings is 2. The molecule has 0 unspecified atom stereocenters. The number of aliphatic hydroxyl groups is 2. The molecule has 2 atom stereocenters. The van der Waals surface area contributed by atoms with Gasteiger partial charge in [0.2, 0.25) is 5.91 Å². The first-order valence-electron chi connectivity index (χ1n) is 9.99. The van der Waals surface area contributed by atoms with E-state index in [0.717, 1.165) is 27.7 Å². The average Bonchev–Trinajstić information content (AvgIpc) is 3.00. The highest BCUT2D eigenvalue weighted by atomic mass is 19.1. The van der Waals surface area contributed by atoms with Crippen LogP contribution in [0.1, 0.15) is 38.4 Å². The van der Waals surface area contributed by atoms with Crippen LogP contribution in [0.3, 0.4) is 0 Å². The second kappa shape index (κ2) is 9.24. The molecule has 1 amide bonds. The third-order valence-electron chi connectivity index (χ3n) is 5.02. The second-order valence-corrected chi connectivity index (χ2v) is 7.73. The van der Waals surface area contributed by atoms with E-state index in [1.54, 1.807) is 18.2 Å². The first-order chi connectivity index (χ1) is 14.3. The lowest BCUT2D eigenvalue weighted by molar-refractivity contribution is -0.120. The molecule has 1 aromatic heterocycles. The van der Waals surface area contributed by atoms with Crippen LogP contribution in [0.2, 0.25) is 0 Å². The maximum Gasteiger partial charge on any atom is 0.220 e. The van der Waals surface area contributed by atoms with Crippen molar-refractivity contribution in [2.24, 2.45) is 5.73 Å². The van der Waals surface area contributed by atoms with Gasteiger partial charge in [-0.25, -0.2) is 4.39 Å². The summed E-state index contributed by atoms with van der Waals surface area (Å²) in [4.78, 5) is 10.9. The molecular formula is C24H27FN2O3. The summed E-state index contributed by atoms with van der Waals surface area (Å²) in [7, 11) is 0. The number of carbonyl (C=O) groups excluding carboxylic acids is 1. The first kappa shape index (κ1) is 21.7. The van der Waals surface area contributed by atoms with E-state index in [1.165, 1.54) is 12.1 Å². The predicted octanol–water partition coefficient (Wildman–Crippen LogP) is 4.03. The van der Waals surface area contributed by atoms with Crippen LogP contribution in [0.25, 0.3) is 28.1 Å². The third-order valence-corrected chi connectivity index (χ3v) is 5.02. The van der Waals surface area contributed by atoms with Crippen molar-refractivity contribution >= 4 is 22.9 Å². The topological polar surface area (TPSA) is 88.5 Å². The fourth-order valence-electron chi connectivity index (χ4n) is 3.80. The Kier molecular flexibility index (Phi) is 6.70. The molecule has 1 heterocycles. The molecule has 3 aromatic rings. The van der Waals surface area contributed by atoms with Crippen LogP contribution in [0.15, 0.2) is 54.6 Å². The van der Waals surface area contributed by atoms with Crippen molar-refractivity contribution in [1.82, 2.24) is 4.57 Å². The summed E-state index contributed by atoms with van der Waals surface area (Å²) in [5.41, 5.74) is 8.82. The van der Waals surface area contributed by atoms with Crippen LogP contribution in [0.5, 0.6) is 0 Å². The lowest BCUT2D eigenvalue weighted by Crippen LogP contribution is -2.23. The van der Waals surface area contributed by atoms with Crippen LogP contribution in [-0.2, 0) is 4.79 Å². The number of halogens is 1. The molecule has 0 saturated heterocycles. The molecule has 0 aliphatic heterocycles. The van der Waals surface area contributed by atoms with Crippen LogP contribution >= 0.6 is 0 Å². The van der Waals surface area contributed by atoms with E-state index in [9.17, 15) is 19.4 Å². The Morgan fingerprint density at radius 1 is 1.13 bits per heavy atom. The van der Waals surface area contributed by atoms with Gasteiger partial charge in [-0.2, -0.15) is 0 Å². The summed E-state index contributed by atoms with van der Waals surface area (Å²) in [5.74, 6) is -0.917.